The second kappa shape index (κ2) is 6.78. The van der Waals surface area contributed by atoms with E-state index in [2.05, 4.69) is 40.2 Å². The lowest BCUT2D eigenvalue weighted by Crippen LogP contribution is -2.51. The number of hydrogen-bond acceptors (Lipinski definition) is 4. The van der Waals surface area contributed by atoms with Crippen LogP contribution in [0.25, 0.3) is 0 Å². The van der Waals surface area contributed by atoms with Crippen molar-refractivity contribution < 1.29 is 8.78 Å². The molecule has 1 aromatic heterocycles. The maximum absolute atomic E-state index is 13.6. The van der Waals surface area contributed by atoms with E-state index in [1.807, 2.05) is 0 Å². The predicted molar refractivity (Wildman–Crippen MR) is 104 cm³/mol. The van der Waals surface area contributed by atoms with Crippen LogP contribution in [0.2, 0.25) is 0 Å². The molecule has 0 spiro atoms. The fourth-order valence-electron chi connectivity index (χ4n) is 6.18. The number of piperidine rings is 1. The Bertz CT molecular complexity index is 758. The lowest BCUT2D eigenvalue weighted by atomic mass is 9.49. The van der Waals surface area contributed by atoms with Crippen molar-refractivity contribution in [2.75, 3.05) is 25.0 Å². The predicted octanol–water partition coefficient (Wildman–Crippen LogP) is 3.97. The largest absolute Gasteiger partial charge is 0.351 e. The van der Waals surface area contributed by atoms with Crippen LogP contribution >= 0.6 is 0 Å². The van der Waals surface area contributed by atoms with Crippen LogP contribution in [0.15, 0.2) is 18.0 Å². The van der Waals surface area contributed by atoms with Crippen LogP contribution in [0.5, 0.6) is 0 Å². The molecule has 1 N–H and O–H groups in total. The fraction of sp³-hybridized carbons (Fsp3) is 0.810. The highest BCUT2D eigenvalue weighted by Crippen LogP contribution is 2.59. The van der Waals surface area contributed by atoms with Crippen LogP contribution in [0, 0.1) is 23.2 Å². The van der Waals surface area contributed by atoms with E-state index in [9.17, 15) is 8.78 Å². The Labute approximate surface area is 165 Å². The summed E-state index contributed by atoms with van der Waals surface area (Å²) < 4.78 is 28.5. The molecule has 154 valence electrons. The number of halogens is 2. The maximum Gasteiger partial charge on any atom is 0.260 e. The minimum Gasteiger partial charge on any atom is -0.351 e. The number of alkyl halides is 2. The van der Waals surface area contributed by atoms with Crippen molar-refractivity contribution in [1.29, 1.82) is 0 Å². The molecule has 2 bridgehead atoms. The standard InChI is InChI=1S/C21H31F2N5/c1-21(2)15-6-5-13(16(21)8-15)10-27-7-3-4-14(11-27)17-9-18(19(22)23)28-20(26-17)24-12-25-28/h5,12,14-19H,3-4,6-11H2,1-2H3,(H,24,25,26)/t14-,15+,16+,17-,18+/m0/s1. The number of fused-ring (bicyclic) bond motifs is 2. The maximum atomic E-state index is 13.6. The molecule has 2 aliphatic heterocycles. The first-order valence-corrected chi connectivity index (χ1v) is 10.8. The van der Waals surface area contributed by atoms with E-state index < -0.39 is 12.5 Å². The normalized spacial score (nSPS) is 37.0. The molecule has 5 nitrogen and oxygen atoms in total. The average molecular weight is 392 g/mol. The molecule has 3 heterocycles. The van der Waals surface area contributed by atoms with Gasteiger partial charge in [0.1, 0.15) is 12.4 Å². The van der Waals surface area contributed by atoms with E-state index in [1.54, 1.807) is 5.57 Å². The summed E-state index contributed by atoms with van der Waals surface area (Å²) in [5, 5.41) is 7.40. The number of likely N-dealkylation sites (tertiary alicyclic amines) is 1. The van der Waals surface area contributed by atoms with Gasteiger partial charge in [0.15, 0.2) is 0 Å². The van der Waals surface area contributed by atoms with Gasteiger partial charge in [0.2, 0.25) is 5.95 Å². The molecule has 0 unspecified atom stereocenters. The van der Waals surface area contributed by atoms with E-state index in [0.717, 1.165) is 44.3 Å². The van der Waals surface area contributed by atoms with Crippen molar-refractivity contribution in [3.63, 3.8) is 0 Å². The SMILES string of the molecule is CC1(C)[C@@H]2CC=C(CN3CCC[C@H]([C@@H]4C[C@H](C(F)F)n5ncnc5N4)C3)[C@H]1C2. The second-order valence-electron chi connectivity index (χ2n) is 9.88. The van der Waals surface area contributed by atoms with E-state index in [4.69, 9.17) is 0 Å². The van der Waals surface area contributed by atoms with Gasteiger partial charge in [-0.15, -0.1) is 0 Å². The van der Waals surface area contributed by atoms with Gasteiger partial charge in [-0.25, -0.2) is 13.5 Å². The van der Waals surface area contributed by atoms with E-state index in [-0.39, 0.29) is 6.04 Å². The Morgan fingerprint density at radius 3 is 2.93 bits per heavy atom. The summed E-state index contributed by atoms with van der Waals surface area (Å²) >= 11 is 0. The van der Waals surface area contributed by atoms with Gasteiger partial charge in [-0.2, -0.15) is 10.1 Å². The Balaban J connectivity index is 1.26. The first-order chi connectivity index (χ1) is 13.4. The number of nitrogens with zero attached hydrogens (tertiary/aromatic N) is 4. The third-order valence-electron chi connectivity index (χ3n) is 8.09. The number of rotatable bonds is 4. The van der Waals surface area contributed by atoms with Gasteiger partial charge in [-0.05, 0) is 61.8 Å². The number of hydrogen-bond donors (Lipinski definition) is 1. The Kier molecular flexibility index (Phi) is 4.49. The Hall–Kier alpha value is -1.50. The van der Waals surface area contributed by atoms with Gasteiger partial charge in [-0.1, -0.05) is 25.5 Å². The average Bonchev–Trinajstić information content (AvgIpc) is 3.16. The molecule has 1 aromatic rings. The summed E-state index contributed by atoms with van der Waals surface area (Å²) in [6.45, 7) is 7.99. The molecule has 3 aliphatic carbocycles. The minimum absolute atomic E-state index is 0.0448. The third kappa shape index (κ3) is 2.97. The monoisotopic (exact) mass is 391 g/mol. The highest BCUT2D eigenvalue weighted by Gasteiger charge is 2.51. The van der Waals surface area contributed by atoms with Crippen molar-refractivity contribution in [3.8, 4) is 0 Å². The highest BCUT2D eigenvalue weighted by molar-refractivity contribution is 5.30. The van der Waals surface area contributed by atoms with Crippen molar-refractivity contribution in [2.45, 2.75) is 64.5 Å². The lowest BCUT2D eigenvalue weighted by molar-refractivity contribution is -0.0121. The van der Waals surface area contributed by atoms with Crippen molar-refractivity contribution in [3.05, 3.63) is 18.0 Å². The molecule has 2 fully saturated rings. The molecule has 0 radical (unpaired) electrons. The van der Waals surface area contributed by atoms with Crippen LogP contribution in [-0.2, 0) is 0 Å². The van der Waals surface area contributed by atoms with E-state index in [1.165, 1.54) is 23.9 Å². The van der Waals surface area contributed by atoms with Crippen molar-refractivity contribution >= 4 is 5.95 Å². The first kappa shape index (κ1) is 18.5. The minimum atomic E-state index is -2.41. The molecule has 0 amide bonds. The smallest absolute Gasteiger partial charge is 0.260 e. The quantitative estimate of drug-likeness (QED) is 0.789. The van der Waals surface area contributed by atoms with Gasteiger partial charge < -0.3 is 5.32 Å². The zero-order chi connectivity index (χ0) is 19.5. The lowest BCUT2D eigenvalue weighted by Gasteiger charge is -2.57. The number of aromatic nitrogens is 3. The summed E-state index contributed by atoms with van der Waals surface area (Å²) in [7, 11) is 0. The molecule has 1 saturated carbocycles. The van der Waals surface area contributed by atoms with Gasteiger partial charge in [0.05, 0.1) is 0 Å². The molecule has 5 atom stereocenters. The zero-order valence-corrected chi connectivity index (χ0v) is 16.8. The van der Waals surface area contributed by atoms with Crippen molar-refractivity contribution in [1.82, 2.24) is 19.7 Å². The molecule has 1 saturated heterocycles. The molecule has 6 rings (SSSR count). The van der Waals surface area contributed by atoms with Crippen molar-refractivity contribution in [2.24, 2.45) is 23.2 Å². The summed E-state index contributed by atoms with van der Waals surface area (Å²) in [6, 6.07) is -0.823. The fourth-order valence-corrected chi connectivity index (χ4v) is 6.18. The molecule has 7 heteroatoms. The van der Waals surface area contributed by atoms with Gasteiger partial charge in [0.25, 0.3) is 6.43 Å². The molecular formula is C21H31F2N5. The molecule has 0 aromatic carbocycles. The van der Waals surface area contributed by atoms with Crippen LogP contribution in [0.3, 0.4) is 0 Å². The molecular weight excluding hydrogens is 360 g/mol. The third-order valence-corrected chi connectivity index (χ3v) is 8.09. The molecule has 28 heavy (non-hydrogen) atoms. The Morgan fingerprint density at radius 1 is 1.32 bits per heavy atom. The topological polar surface area (TPSA) is 46.0 Å². The summed E-state index contributed by atoms with van der Waals surface area (Å²) in [5.74, 6) is 2.48. The zero-order valence-electron chi connectivity index (χ0n) is 16.8. The second-order valence-corrected chi connectivity index (χ2v) is 9.88. The van der Waals surface area contributed by atoms with Gasteiger partial charge in [-0.3, -0.25) is 4.90 Å². The van der Waals surface area contributed by atoms with E-state index in [0.29, 0.717) is 23.7 Å². The number of anilines is 1. The molecule has 5 aliphatic rings. The van der Waals surface area contributed by atoms with Crippen LogP contribution in [-0.4, -0.2) is 51.8 Å². The number of allylic oxidation sites excluding steroid dienone is 1. The Morgan fingerprint density at radius 2 is 2.18 bits per heavy atom. The highest BCUT2D eigenvalue weighted by atomic mass is 19.3. The van der Waals surface area contributed by atoms with Gasteiger partial charge in [0, 0.05) is 19.1 Å². The van der Waals surface area contributed by atoms with Crippen LogP contribution < -0.4 is 5.32 Å². The van der Waals surface area contributed by atoms with E-state index >= 15 is 0 Å². The summed E-state index contributed by atoms with van der Waals surface area (Å²) in [6.07, 6.45) is 6.68. The summed E-state index contributed by atoms with van der Waals surface area (Å²) in [5.41, 5.74) is 2.08. The first-order valence-electron chi connectivity index (χ1n) is 10.8. The van der Waals surface area contributed by atoms with Gasteiger partial charge >= 0.3 is 0 Å². The van der Waals surface area contributed by atoms with Crippen LogP contribution in [0.1, 0.15) is 52.0 Å². The van der Waals surface area contributed by atoms with Crippen LogP contribution in [0.4, 0.5) is 14.7 Å². The summed E-state index contributed by atoms with van der Waals surface area (Å²) in [4.78, 5) is 6.73. The number of nitrogens with one attached hydrogen (secondary N) is 1.